The topological polar surface area (TPSA) is 49.4 Å². The van der Waals surface area contributed by atoms with Crippen LogP contribution in [-0.2, 0) is 22.9 Å². The summed E-state index contributed by atoms with van der Waals surface area (Å²) >= 11 is 0. The fourth-order valence-corrected chi connectivity index (χ4v) is 4.96. The number of hydrogen-bond donors (Lipinski definition) is 1. The fraction of sp³-hybridized carbons (Fsp3) is 0.429. The van der Waals surface area contributed by atoms with E-state index in [1.165, 1.54) is 29.4 Å². The zero-order valence-electron chi connectivity index (χ0n) is 16.0. The number of halogens is 1. The molecule has 0 atom stereocenters. The Balaban J connectivity index is 1.65. The van der Waals surface area contributed by atoms with Gasteiger partial charge in [0.1, 0.15) is 5.82 Å². The molecular weight excluding hydrogens is 363 g/mol. The third-order valence-corrected chi connectivity index (χ3v) is 6.61. The number of rotatable bonds is 7. The van der Waals surface area contributed by atoms with E-state index in [1.54, 1.807) is 6.92 Å². The van der Waals surface area contributed by atoms with E-state index in [1.807, 2.05) is 0 Å². The Hall–Kier alpha value is -1.92. The summed E-state index contributed by atoms with van der Waals surface area (Å²) in [6.45, 7) is 6.29. The SMILES string of the molecule is CCCN1CCCc2cc(CCNS(=O)(=O)c3ccc(F)cc3C)ccc21. The predicted molar refractivity (Wildman–Crippen MR) is 107 cm³/mol. The van der Waals surface area contributed by atoms with Gasteiger partial charge in [0.25, 0.3) is 0 Å². The summed E-state index contributed by atoms with van der Waals surface area (Å²) in [7, 11) is -3.64. The summed E-state index contributed by atoms with van der Waals surface area (Å²) in [6.07, 6.45) is 3.99. The van der Waals surface area contributed by atoms with E-state index in [4.69, 9.17) is 0 Å². The van der Waals surface area contributed by atoms with E-state index in [-0.39, 0.29) is 4.90 Å². The first-order chi connectivity index (χ1) is 12.9. The zero-order valence-corrected chi connectivity index (χ0v) is 16.8. The molecule has 27 heavy (non-hydrogen) atoms. The highest BCUT2D eigenvalue weighted by Crippen LogP contribution is 2.28. The van der Waals surface area contributed by atoms with E-state index in [2.05, 4.69) is 34.7 Å². The monoisotopic (exact) mass is 390 g/mol. The van der Waals surface area contributed by atoms with E-state index >= 15 is 0 Å². The molecule has 4 nitrogen and oxygen atoms in total. The largest absolute Gasteiger partial charge is 0.371 e. The first-order valence-electron chi connectivity index (χ1n) is 9.53. The van der Waals surface area contributed by atoms with Crippen LogP contribution in [0.3, 0.4) is 0 Å². The van der Waals surface area contributed by atoms with E-state index in [0.717, 1.165) is 37.9 Å². The van der Waals surface area contributed by atoms with Crippen LogP contribution < -0.4 is 9.62 Å². The van der Waals surface area contributed by atoms with Crippen LogP contribution in [0.2, 0.25) is 0 Å². The van der Waals surface area contributed by atoms with Crippen LogP contribution in [0.25, 0.3) is 0 Å². The molecule has 0 saturated carbocycles. The lowest BCUT2D eigenvalue weighted by molar-refractivity contribution is 0.579. The number of benzene rings is 2. The van der Waals surface area contributed by atoms with E-state index < -0.39 is 15.8 Å². The first-order valence-corrected chi connectivity index (χ1v) is 11.0. The van der Waals surface area contributed by atoms with Gasteiger partial charge in [-0.1, -0.05) is 19.1 Å². The van der Waals surface area contributed by atoms with Gasteiger partial charge in [0.2, 0.25) is 10.0 Å². The Morgan fingerprint density at radius 2 is 2.00 bits per heavy atom. The third kappa shape index (κ3) is 4.68. The van der Waals surface area contributed by atoms with Crippen LogP contribution in [0.5, 0.6) is 0 Å². The van der Waals surface area contributed by atoms with Gasteiger partial charge in [-0.3, -0.25) is 0 Å². The van der Waals surface area contributed by atoms with Crippen LogP contribution in [0.1, 0.15) is 36.5 Å². The molecule has 0 bridgehead atoms. The minimum absolute atomic E-state index is 0.129. The molecule has 146 valence electrons. The second kappa shape index (κ2) is 8.40. The molecule has 0 aromatic heterocycles. The molecular formula is C21H27FN2O2S. The van der Waals surface area contributed by atoms with Crippen molar-refractivity contribution in [3.63, 3.8) is 0 Å². The van der Waals surface area contributed by atoms with Gasteiger partial charge >= 0.3 is 0 Å². The van der Waals surface area contributed by atoms with Crippen molar-refractivity contribution in [2.75, 3.05) is 24.5 Å². The minimum Gasteiger partial charge on any atom is -0.371 e. The number of anilines is 1. The average Bonchev–Trinajstić information content (AvgIpc) is 2.61. The van der Waals surface area contributed by atoms with Crippen molar-refractivity contribution in [3.05, 3.63) is 58.9 Å². The first kappa shape index (κ1) is 19.8. The quantitative estimate of drug-likeness (QED) is 0.782. The maximum atomic E-state index is 13.2. The van der Waals surface area contributed by atoms with Crippen molar-refractivity contribution in [2.24, 2.45) is 0 Å². The molecule has 0 aliphatic carbocycles. The molecule has 1 N–H and O–H groups in total. The van der Waals surface area contributed by atoms with E-state index in [0.29, 0.717) is 18.5 Å². The maximum absolute atomic E-state index is 13.2. The fourth-order valence-electron chi connectivity index (χ4n) is 3.71. The van der Waals surface area contributed by atoms with Crippen LogP contribution >= 0.6 is 0 Å². The number of nitrogens with zero attached hydrogens (tertiary/aromatic N) is 1. The number of fused-ring (bicyclic) bond motifs is 1. The summed E-state index contributed by atoms with van der Waals surface area (Å²) in [5.74, 6) is -0.433. The lowest BCUT2D eigenvalue weighted by atomic mass is 9.98. The van der Waals surface area contributed by atoms with Gasteiger partial charge in [0.05, 0.1) is 4.90 Å². The molecule has 6 heteroatoms. The summed E-state index contributed by atoms with van der Waals surface area (Å²) in [5.41, 5.74) is 4.21. The Morgan fingerprint density at radius 3 is 2.74 bits per heavy atom. The summed E-state index contributed by atoms with van der Waals surface area (Å²) in [6, 6.07) is 10.2. The summed E-state index contributed by atoms with van der Waals surface area (Å²) < 4.78 is 40.8. The maximum Gasteiger partial charge on any atom is 0.240 e. The standard InChI is InChI=1S/C21H27FN2O2S/c1-3-12-24-13-4-5-18-15-17(6-8-20(18)24)10-11-23-27(25,26)21-9-7-19(22)14-16(21)2/h6-9,14-15,23H,3-5,10-13H2,1-2H3. The Labute approximate surface area is 161 Å². The number of nitrogens with one attached hydrogen (secondary N) is 1. The van der Waals surface area contributed by atoms with Crippen molar-refractivity contribution >= 4 is 15.7 Å². The van der Waals surface area contributed by atoms with Crippen molar-refractivity contribution in [3.8, 4) is 0 Å². The summed E-state index contributed by atoms with van der Waals surface area (Å²) in [5, 5.41) is 0. The van der Waals surface area contributed by atoms with E-state index in [9.17, 15) is 12.8 Å². The van der Waals surface area contributed by atoms with Gasteiger partial charge in [-0.15, -0.1) is 0 Å². The van der Waals surface area contributed by atoms with Crippen molar-refractivity contribution in [1.82, 2.24) is 4.72 Å². The molecule has 0 radical (unpaired) electrons. The molecule has 3 rings (SSSR count). The molecule has 0 unspecified atom stereocenters. The van der Waals surface area contributed by atoms with Gasteiger partial charge in [-0.2, -0.15) is 0 Å². The second-order valence-corrected chi connectivity index (χ2v) is 8.85. The van der Waals surface area contributed by atoms with Crippen molar-refractivity contribution in [1.29, 1.82) is 0 Å². The molecule has 1 aliphatic rings. The molecule has 0 fully saturated rings. The smallest absolute Gasteiger partial charge is 0.240 e. The van der Waals surface area contributed by atoms with Gasteiger partial charge in [-0.05, 0) is 73.6 Å². The average molecular weight is 391 g/mol. The second-order valence-electron chi connectivity index (χ2n) is 7.11. The highest BCUT2D eigenvalue weighted by molar-refractivity contribution is 7.89. The predicted octanol–water partition coefficient (Wildman–Crippen LogP) is 3.82. The lowest BCUT2D eigenvalue weighted by Crippen LogP contribution is -2.30. The van der Waals surface area contributed by atoms with Crippen LogP contribution in [0.15, 0.2) is 41.3 Å². The normalized spacial score (nSPS) is 14.3. The highest BCUT2D eigenvalue weighted by Gasteiger charge is 2.18. The Bertz CT molecular complexity index is 912. The molecule has 0 saturated heterocycles. The summed E-state index contributed by atoms with van der Waals surface area (Å²) in [4.78, 5) is 2.56. The number of aryl methyl sites for hydroxylation is 2. The van der Waals surface area contributed by atoms with Gasteiger partial charge in [-0.25, -0.2) is 17.5 Å². The minimum atomic E-state index is -3.64. The number of hydrogen-bond acceptors (Lipinski definition) is 3. The molecule has 2 aromatic carbocycles. The molecule has 0 amide bonds. The van der Waals surface area contributed by atoms with Crippen LogP contribution in [0.4, 0.5) is 10.1 Å². The van der Waals surface area contributed by atoms with Crippen LogP contribution in [-0.4, -0.2) is 28.1 Å². The number of sulfonamides is 1. The Morgan fingerprint density at radius 1 is 1.19 bits per heavy atom. The van der Waals surface area contributed by atoms with Gasteiger partial charge in [0.15, 0.2) is 0 Å². The highest BCUT2D eigenvalue weighted by atomic mass is 32.2. The van der Waals surface area contributed by atoms with Crippen molar-refractivity contribution in [2.45, 2.75) is 44.4 Å². The lowest BCUT2D eigenvalue weighted by Gasteiger charge is -2.31. The molecule has 2 aromatic rings. The molecule has 0 spiro atoms. The third-order valence-electron chi connectivity index (χ3n) is 4.98. The van der Waals surface area contributed by atoms with Gasteiger partial charge in [0, 0.05) is 25.3 Å². The van der Waals surface area contributed by atoms with Crippen molar-refractivity contribution < 1.29 is 12.8 Å². The Kier molecular flexibility index (Phi) is 6.17. The molecule has 1 heterocycles. The van der Waals surface area contributed by atoms with Crippen LogP contribution in [0, 0.1) is 12.7 Å². The zero-order chi connectivity index (χ0) is 19.4. The van der Waals surface area contributed by atoms with Gasteiger partial charge < -0.3 is 4.90 Å². The molecule has 1 aliphatic heterocycles.